The van der Waals surface area contributed by atoms with Gasteiger partial charge in [0.25, 0.3) is 0 Å². The molecule has 0 fully saturated rings. The van der Waals surface area contributed by atoms with Crippen molar-refractivity contribution in [1.29, 1.82) is 0 Å². The largest absolute Gasteiger partial charge is 0.411 e. The van der Waals surface area contributed by atoms with Crippen LogP contribution in [0.25, 0.3) is 0 Å². The van der Waals surface area contributed by atoms with Crippen LogP contribution in [0.5, 0.6) is 0 Å². The predicted octanol–water partition coefficient (Wildman–Crippen LogP) is 2.55. The highest BCUT2D eigenvalue weighted by atomic mass is 32.2. The highest BCUT2D eigenvalue weighted by Crippen LogP contribution is 2.22. The Bertz CT molecular complexity index is 462. The normalized spacial score (nSPS) is 14.2. The van der Waals surface area contributed by atoms with E-state index in [0.717, 1.165) is 6.42 Å². The molecule has 0 amide bonds. The summed E-state index contributed by atoms with van der Waals surface area (Å²) in [7, 11) is -3.00. The monoisotopic (exact) mass is 377 g/mol. The summed E-state index contributed by atoms with van der Waals surface area (Å²) in [6, 6.07) is 0. The minimum absolute atomic E-state index is 0.0763. The molecule has 0 aliphatic carbocycles. The molecule has 9 heteroatoms. The van der Waals surface area contributed by atoms with Crippen LogP contribution in [0.1, 0.15) is 40.5 Å². The van der Waals surface area contributed by atoms with Gasteiger partial charge in [-0.3, -0.25) is 0 Å². The average molecular weight is 377 g/mol. The van der Waals surface area contributed by atoms with Gasteiger partial charge in [0, 0.05) is 18.3 Å². The summed E-state index contributed by atoms with van der Waals surface area (Å²) in [5.41, 5.74) is -0.768. The molecule has 0 radical (unpaired) electrons. The van der Waals surface area contributed by atoms with Crippen molar-refractivity contribution in [2.45, 2.75) is 57.9 Å². The van der Waals surface area contributed by atoms with Gasteiger partial charge in [-0.15, -0.1) is 0 Å². The molecule has 0 aromatic heterocycles. The molecule has 0 heterocycles. The van der Waals surface area contributed by atoms with E-state index in [1.54, 1.807) is 0 Å². The molecular formula is C15H30F3NO4S. The van der Waals surface area contributed by atoms with Crippen molar-refractivity contribution in [2.24, 2.45) is 0 Å². The van der Waals surface area contributed by atoms with E-state index in [4.69, 9.17) is 4.74 Å². The third-order valence-electron chi connectivity index (χ3n) is 3.41. The number of halogens is 3. The maximum Gasteiger partial charge on any atom is 0.411 e. The van der Waals surface area contributed by atoms with Crippen LogP contribution in [0.3, 0.4) is 0 Å². The van der Waals surface area contributed by atoms with E-state index in [9.17, 15) is 21.6 Å². The summed E-state index contributed by atoms with van der Waals surface area (Å²) in [5, 5.41) is 3.20. The lowest BCUT2D eigenvalue weighted by Gasteiger charge is -2.32. The number of hydrogen-bond donors (Lipinski definition) is 1. The molecule has 0 spiro atoms. The van der Waals surface area contributed by atoms with Gasteiger partial charge in [-0.1, -0.05) is 0 Å². The number of sulfone groups is 1. The van der Waals surface area contributed by atoms with E-state index in [2.05, 4.69) is 10.1 Å². The first-order valence-corrected chi connectivity index (χ1v) is 9.89. The zero-order valence-electron chi connectivity index (χ0n) is 15.1. The van der Waals surface area contributed by atoms with Crippen molar-refractivity contribution in [3.63, 3.8) is 0 Å². The molecule has 0 unspecified atom stereocenters. The van der Waals surface area contributed by atoms with Gasteiger partial charge in [-0.25, -0.2) is 8.42 Å². The lowest BCUT2D eigenvalue weighted by molar-refractivity contribution is -0.179. The minimum Gasteiger partial charge on any atom is -0.373 e. The Kier molecular flexibility index (Phi) is 9.21. The molecule has 0 bridgehead atoms. The van der Waals surface area contributed by atoms with Crippen LogP contribution < -0.4 is 5.32 Å². The van der Waals surface area contributed by atoms with Crippen molar-refractivity contribution in [1.82, 2.24) is 5.32 Å². The quantitative estimate of drug-likeness (QED) is 0.530. The molecule has 24 heavy (non-hydrogen) atoms. The van der Waals surface area contributed by atoms with Crippen molar-refractivity contribution in [3.8, 4) is 0 Å². The molecule has 146 valence electrons. The van der Waals surface area contributed by atoms with E-state index >= 15 is 0 Å². The maximum atomic E-state index is 11.9. The van der Waals surface area contributed by atoms with Crippen LogP contribution in [0, 0.1) is 0 Å². The van der Waals surface area contributed by atoms with Crippen LogP contribution >= 0.6 is 0 Å². The summed E-state index contributed by atoms with van der Waals surface area (Å²) in [4.78, 5) is 0. The Morgan fingerprint density at radius 3 is 2.08 bits per heavy atom. The van der Waals surface area contributed by atoms with E-state index in [1.165, 1.54) is 6.26 Å². The molecule has 1 N–H and O–H groups in total. The molecule has 0 atom stereocenters. The Hall–Kier alpha value is -0.380. The number of rotatable bonds is 12. The van der Waals surface area contributed by atoms with Gasteiger partial charge >= 0.3 is 6.18 Å². The van der Waals surface area contributed by atoms with Gasteiger partial charge < -0.3 is 14.8 Å². The van der Waals surface area contributed by atoms with E-state index < -0.39 is 28.2 Å². The second kappa shape index (κ2) is 9.35. The van der Waals surface area contributed by atoms with Crippen molar-refractivity contribution in [2.75, 3.05) is 38.4 Å². The van der Waals surface area contributed by atoms with Crippen LogP contribution in [0.15, 0.2) is 0 Å². The van der Waals surface area contributed by atoms with Crippen LogP contribution in [-0.2, 0) is 19.3 Å². The summed E-state index contributed by atoms with van der Waals surface area (Å²) < 4.78 is 68.1. The van der Waals surface area contributed by atoms with Crippen LogP contribution in [0.2, 0.25) is 0 Å². The summed E-state index contributed by atoms with van der Waals surface area (Å²) in [6.07, 6.45) is -1.73. The third kappa shape index (κ3) is 15.2. The third-order valence-corrected chi connectivity index (χ3v) is 4.36. The first-order chi connectivity index (χ1) is 10.6. The lowest BCUT2D eigenvalue weighted by atomic mass is 9.91. The number of nitrogens with one attached hydrogen (secondary N) is 1. The zero-order chi connectivity index (χ0) is 19.1. The van der Waals surface area contributed by atoms with Gasteiger partial charge in [-0.05, 0) is 40.5 Å². The molecule has 0 rings (SSSR count). The second-order valence-corrected chi connectivity index (χ2v) is 9.48. The SMILES string of the molecule is CC(C)(CCC(C)(C)OCCOCC(F)(F)F)NCCS(C)(=O)=O. The fourth-order valence-corrected chi connectivity index (χ4v) is 2.39. The van der Waals surface area contributed by atoms with E-state index in [-0.39, 0.29) is 24.5 Å². The Morgan fingerprint density at radius 2 is 1.58 bits per heavy atom. The summed E-state index contributed by atoms with van der Waals surface area (Å²) in [6.45, 7) is 6.75. The van der Waals surface area contributed by atoms with Gasteiger partial charge in [0.05, 0.1) is 24.6 Å². The summed E-state index contributed by atoms with van der Waals surface area (Å²) >= 11 is 0. The van der Waals surface area contributed by atoms with E-state index in [1.807, 2.05) is 27.7 Å². The average Bonchev–Trinajstić information content (AvgIpc) is 2.33. The Morgan fingerprint density at radius 1 is 1.00 bits per heavy atom. The molecule has 0 saturated carbocycles. The van der Waals surface area contributed by atoms with Gasteiger partial charge in [0.2, 0.25) is 0 Å². The highest BCUT2D eigenvalue weighted by Gasteiger charge is 2.28. The fraction of sp³-hybridized carbons (Fsp3) is 1.00. The smallest absolute Gasteiger partial charge is 0.373 e. The molecule has 5 nitrogen and oxygen atoms in total. The standard InChI is InChI=1S/C15H30F3NO4S/c1-13(2,19-8-11-24(5,20)21)6-7-14(3,4)23-10-9-22-12-15(16,17)18/h19H,6-12H2,1-5H3. The number of hydrogen-bond acceptors (Lipinski definition) is 5. The van der Waals surface area contributed by atoms with Gasteiger partial charge in [0.1, 0.15) is 16.4 Å². The fourth-order valence-electron chi connectivity index (χ4n) is 1.91. The molecule has 0 aromatic rings. The van der Waals surface area contributed by atoms with Crippen molar-refractivity contribution >= 4 is 9.84 Å². The number of alkyl halides is 3. The second-order valence-electron chi connectivity index (χ2n) is 7.22. The van der Waals surface area contributed by atoms with Crippen molar-refractivity contribution < 1.29 is 31.1 Å². The number of ether oxygens (including phenoxy) is 2. The van der Waals surface area contributed by atoms with E-state index in [0.29, 0.717) is 13.0 Å². The first kappa shape index (κ1) is 23.6. The maximum absolute atomic E-state index is 11.9. The predicted molar refractivity (Wildman–Crippen MR) is 87.9 cm³/mol. The molecule has 0 aliphatic rings. The highest BCUT2D eigenvalue weighted by molar-refractivity contribution is 7.90. The summed E-state index contributed by atoms with van der Waals surface area (Å²) in [5.74, 6) is 0.0763. The van der Waals surface area contributed by atoms with Crippen LogP contribution in [-0.4, -0.2) is 64.1 Å². The van der Waals surface area contributed by atoms with Crippen LogP contribution in [0.4, 0.5) is 13.2 Å². The Balaban J connectivity index is 4.03. The molecule has 0 aliphatic heterocycles. The zero-order valence-corrected chi connectivity index (χ0v) is 15.9. The van der Waals surface area contributed by atoms with Crippen molar-refractivity contribution in [3.05, 3.63) is 0 Å². The minimum atomic E-state index is -4.32. The lowest BCUT2D eigenvalue weighted by Crippen LogP contribution is -2.43. The molecule has 0 saturated heterocycles. The topological polar surface area (TPSA) is 64.6 Å². The first-order valence-electron chi connectivity index (χ1n) is 7.83. The molecule has 0 aromatic carbocycles. The van der Waals surface area contributed by atoms with Gasteiger partial charge in [0.15, 0.2) is 0 Å². The Labute approximate surface area is 143 Å². The van der Waals surface area contributed by atoms with Gasteiger partial charge in [-0.2, -0.15) is 13.2 Å². The molecular weight excluding hydrogens is 347 g/mol.